The van der Waals surface area contributed by atoms with E-state index in [1.807, 2.05) is 6.92 Å². The van der Waals surface area contributed by atoms with Crippen molar-refractivity contribution in [2.45, 2.75) is 6.92 Å². The van der Waals surface area contributed by atoms with Crippen LogP contribution in [-0.4, -0.2) is 6.54 Å². The molecule has 0 saturated heterocycles. The van der Waals surface area contributed by atoms with Crippen molar-refractivity contribution in [1.82, 2.24) is 0 Å². The largest absolute Gasteiger partial charge is 0.329 e. The molecule has 0 aliphatic carbocycles. The Balaban J connectivity index is 2.20. The SMILES string of the molecule is CC#CCN1c2ccccc2C=Cc2ccccc21. The van der Waals surface area contributed by atoms with Crippen LogP contribution in [-0.2, 0) is 0 Å². The van der Waals surface area contributed by atoms with E-state index in [1.165, 1.54) is 22.5 Å². The van der Waals surface area contributed by atoms with Gasteiger partial charge in [0.25, 0.3) is 0 Å². The minimum Gasteiger partial charge on any atom is -0.329 e. The third kappa shape index (κ3) is 2.13. The lowest BCUT2D eigenvalue weighted by molar-refractivity contribution is 1.12. The van der Waals surface area contributed by atoms with Crippen molar-refractivity contribution in [3.8, 4) is 11.8 Å². The minimum absolute atomic E-state index is 0.714. The van der Waals surface area contributed by atoms with Gasteiger partial charge in [0, 0.05) is 11.4 Å². The molecule has 0 amide bonds. The Morgan fingerprint density at radius 3 is 1.89 bits per heavy atom. The van der Waals surface area contributed by atoms with Gasteiger partial charge in [-0.2, -0.15) is 0 Å². The van der Waals surface area contributed by atoms with Crippen LogP contribution in [0.3, 0.4) is 0 Å². The van der Waals surface area contributed by atoms with Crippen molar-refractivity contribution in [1.29, 1.82) is 0 Å². The molecule has 0 bridgehead atoms. The fraction of sp³-hybridized carbons (Fsp3) is 0.111. The van der Waals surface area contributed by atoms with Gasteiger partial charge in [-0.3, -0.25) is 0 Å². The van der Waals surface area contributed by atoms with Crippen molar-refractivity contribution < 1.29 is 0 Å². The molecule has 1 heterocycles. The summed E-state index contributed by atoms with van der Waals surface area (Å²) < 4.78 is 0. The smallest absolute Gasteiger partial charge is 0.0843 e. The number of fused-ring (bicyclic) bond motifs is 2. The van der Waals surface area contributed by atoms with E-state index in [0.717, 1.165) is 0 Å². The van der Waals surface area contributed by atoms with Crippen LogP contribution in [0.5, 0.6) is 0 Å². The molecule has 0 unspecified atom stereocenters. The maximum atomic E-state index is 3.18. The maximum absolute atomic E-state index is 3.18. The fourth-order valence-electron chi connectivity index (χ4n) is 2.39. The summed E-state index contributed by atoms with van der Waals surface area (Å²) in [7, 11) is 0. The molecule has 0 N–H and O–H groups in total. The van der Waals surface area contributed by atoms with Crippen LogP contribution in [0.2, 0.25) is 0 Å². The second-order valence-electron chi connectivity index (χ2n) is 4.46. The van der Waals surface area contributed by atoms with Gasteiger partial charge in [0.15, 0.2) is 0 Å². The first-order valence-corrected chi connectivity index (χ1v) is 6.43. The highest BCUT2D eigenvalue weighted by Crippen LogP contribution is 2.35. The molecule has 1 heteroatoms. The lowest BCUT2D eigenvalue weighted by Crippen LogP contribution is -2.18. The second kappa shape index (κ2) is 5.04. The van der Waals surface area contributed by atoms with Crippen LogP contribution in [0.1, 0.15) is 18.1 Å². The standard InChI is InChI=1S/C18H15N/c1-2-3-14-19-17-10-6-4-8-15(17)12-13-16-9-5-7-11-18(16)19/h4-13H,14H2,1H3. The van der Waals surface area contributed by atoms with Crippen LogP contribution in [0.4, 0.5) is 11.4 Å². The van der Waals surface area contributed by atoms with Crippen molar-refractivity contribution in [2.24, 2.45) is 0 Å². The summed E-state index contributed by atoms with van der Waals surface area (Å²) in [5.74, 6) is 6.16. The molecule has 3 rings (SSSR count). The van der Waals surface area contributed by atoms with E-state index in [0.29, 0.717) is 6.54 Å². The van der Waals surface area contributed by atoms with E-state index in [1.54, 1.807) is 0 Å². The van der Waals surface area contributed by atoms with Crippen molar-refractivity contribution in [3.05, 3.63) is 59.7 Å². The third-order valence-electron chi connectivity index (χ3n) is 3.31. The molecule has 1 nitrogen and oxygen atoms in total. The average molecular weight is 245 g/mol. The lowest BCUT2D eigenvalue weighted by Gasteiger charge is -2.24. The summed E-state index contributed by atoms with van der Waals surface area (Å²) in [4.78, 5) is 2.28. The van der Waals surface area contributed by atoms with E-state index >= 15 is 0 Å². The maximum Gasteiger partial charge on any atom is 0.0843 e. The summed E-state index contributed by atoms with van der Waals surface area (Å²) in [5, 5.41) is 0. The van der Waals surface area contributed by atoms with Crippen LogP contribution in [0, 0.1) is 11.8 Å². The van der Waals surface area contributed by atoms with Gasteiger partial charge in [0.2, 0.25) is 0 Å². The Kier molecular flexibility index (Phi) is 3.08. The summed E-state index contributed by atoms with van der Waals surface area (Å²) in [6.45, 7) is 2.60. The molecule has 0 atom stereocenters. The van der Waals surface area contributed by atoms with Gasteiger partial charge in [-0.1, -0.05) is 54.5 Å². The van der Waals surface area contributed by atoms with Gasteiger partial charge in [-0.15, -0.1) is 5.92 Å². The van der Waals surface area contributed by atoms with E-state index in [2.05, 4.69) is 77.4 Å². The predicted molar refractivity (Wildman–Crippen MR) is 82.3 cm³/mol. The first kappa shape index (κ1) is 11.6. The Hall–Kier alpha value is -2.46. The molecule has 0 fully saturated rings. The van der Waals surface area contributed by atoms with E-state index in [9.17, 15) is 0 Å². The summed E-state index contributed by atoms with van der Waals surface area (Å²) in [5.41, 5.74) is 4.89. The van der Waals surface area contributed by atoms with Crippen molar-refractivity contribution in [3.63, 3.8) is 0 Å². The monoisotopic (exact) mass is 245 g/mol. The molecule has 92 valence electrons. The number of hydrogen-bond acceptors (Lipinski definition) is 1. The van der Waals surface area contributed by atoms with Gasteiger partial charge in [-0.25, -0.2) is 0 Å². The number of anilines is 2. The van der Waals surface area contributed by atoms with Gasteiger partial charge in [-0.05, 0) is 30.2 Å². The molecular formula is C18H15N. The molecule has 0 spiro atoms. The first-order chi connectivity index (χ1) is 9.40. The van der Waals surface area contributed by atoms with Crippen molar-refractivity contribution >= 4 is 23.5 Å². The van der Waals surface area contributed by atoms with Gasteiger partial charge >= 0.3 is 0 Å². The zero-order chi connectivity index (χ0) is 13.1. The lowest BCUT2D eigenvalue weighted by atomic mass is 10.1. The number of para-hydroxylation sites is 2. The van der Waals surface area contributed by atoms with E-state index in [4.69, 9.17) is 0 Å². The van der Waals surface area contributed by atoms with Crippen molar-refractivity contribution in [2.75, 3.05) is 11.4 Å². The normalized spacial score (nSPS) is 11.9. The molecule has 1 aliphatic rings. The minimum atomic E-state index is 0.714. The summed E-state index contributed by atoms with van der Waals surface area (Å²) in [6, 6.07) is 16.9. The average Bonchev–Trinajstić information content (AvgIpc) is 2.62. The molecule has 1 aliphatic heterocycles. The predicted octanol–water partition coefficient (Wildman–Crippen LogP) is 4.33. The van der Waals surface area contributed by atoms with Crippen LogP contribution in [0.15, 0.2) is 48.5 Å². The van der Waals surface area contributed by atoms with E-state index < -0.39 is 0 Å². The van der Waals surface area contributed by atoms with Crippen LogP contribution >= 0.6 is 0 Å². The third-order valence-corrected chi connectivity index (χ3v) is 3.31. The molecular weight excluding hydrogens is 230 g/mol. The molecule has 0 radical (unpaired) electrons. The first-order valence-electron chi connectivity index (χ1n) is 6.43. The highest BCUT2D eigenvalue weighted by Gasteiger charge is 2.15. The summed E-state index contributed by atoms with van der Waals surface area (Å²) in [6.07, 6.45) is 4.35. The quantitative estimate of drug-likeness (QED) is 0.676. The highest BCUT2D eigenvalue weighted by molar-refractivity contribution is 5.88. The Morgan fingerprint density at radius 2 is 1.37 bits per heavy atom. The van der Waals surface area contributed by atoms with Gasteiger partial charge in [0.1, 0.15) is 0 Å². The molecule has 19 heavy (non-hydrogen) atoms. The number of nitrogens with zero attached hydrogens (tertiary/aromatic N) is 1. The Bertz CT molecular complexity index is 637. The Morgan fingerprint density at radius 1 is 0.842 bits per heavy atom. The molecule has 2 aromatic rings. The molecule has 0 saturated carbocycles. The van der Waals surface area contributed by atoms with Gasteiger partial charge in [0.05, 0.1) is 6.54 Å². The number of rotatable bonds is 1. The fourth-order valence-corrected chi connectivity index (χ4v) is 2.39. The van der Waals surface area contributed by atoms with Crippen LogP contribution in [0.25, 0.3) is 12.2 Å². The van der Waals surface area contributed by atoms with E-state index in [-0.39, 0.29) is 0 Å². The summed E-state index contributed by atoms with van der Waals surface area (Å²) >= 11 is 0. The second-order valence-corrected chi connectivity index (χ2v) is 4.46. The molecule has 2 aromatic carbocycles. The zero-order valence-electron chi connectivity index (χ0n) is 10.9. The number of hydrogen-bond donors (Lipinski definition) is 0. The topological polar surface area (TPSA) is 3.24 Å². The number of benzene rings is 2. The highest BCUT2D eigenvalue weighted by atomic mass is 15.1. The van der Waals surface area contributed by atoms with Crippen LogP contribution < -0.4 is 4.90 Å². The Labute approximate surface area is 114 Å². The van der Waals surface area contributed by atoms with Gasteiger partial charge < -0.3 is 4.90 Å². The molecule has 0 aromatic heterocycles. The zero-order valence-corrected chi connectivity index (χ0v) is 10.9.